The smallest absolute Gasteiger partial charge is 0.185 e. The predicted molar refractivity (Wildman–Crippen MR) is 85.6 cm³/mol. The molecule has 1 aliphatic heterocycles. The van der Waals surface area contributed by atoms with Crippen LogP contribution in [0, 0.1) is 12.8 Å². The molecule has 0 radical (unpaired) electrons. The molecule has 1 N–H and O–H groups in total. The highest BCUT2D eigenvalue weighted by Gasteiger charge is 2.19. The van der Waals surface area contributed by atoms with E-state index < -0.39 is 0 Å². The number of thiazole rings is 1. The Hall–Kier alpha value is -0.650. The van der Waals surface area contributed by atoms with Gasteiger partial charge in [-0.25, -0.2) is 4.98 Å². The van der Waals surface area contributed by atoms with Crippen molar-refractivity contribution in [2.24, 2.45) is 5.92 Å². The first-order valence-electron chi connectivity index (χ1n) is 7.60. The number of ether oxygens (including phenoxy) is 1. The zero-order valence-electron chi connectivity index (χ0n) is 13.1. The summed E-state index contributed by atoms with van der Waals surface area (Å²) in [6, 6.07) is 0. The fraction of sp³-hybridized carbons (Fsp3) is 0.800. The highest BCUT2D eigenvalue weighted by Crippen LogP contribution is 2.27. The molecule has 0 saturated carbocycles. The first-order valence-corrected chi connectivity index (χ1v) is 8.41. The van der Waals surface area contributed by atoms with Gasteiger partial charge in [0, 0.05) is 31.1 Å². The first kappa shape index (κ1) is 15.7. The van der Waals surface area contributed by atoms with Gasteiger partial charge in [-0.1, -0.05) is 13.8 Å². The topological polar surface area (TPSA) is 37.4 Å². The number of hydrogen-bond acceptors (Lipinski definition) is 5. The van der Waals surface area contributed by atoms with E-state index in [1.54, 1.807) is 0 Å². The minimum absolute atomic E-state index is 0.296. The number of aryl methyl sites for hydroxylation is 1. The maximum atomic E-state index is 5.71. The van der Waals surface area contributed by atoms with Crippen molar-refractivity contribution in [3.8, 4) is 0 Å². The predicted octanol–water partition coefficient (Wildman–Crippen LogP) is 2.81. The van der Waals surface area contributed by atoms with Crippen LogP contribution < -0.4 is 10.2 Å². The fourth-order valence-corrected chi connectivity index (χ4v) is 3.42. The van der Waals surface area contributed by atoms with Gasteiger partial charge in [0.2, 0.25) is 0 Å². The molecule has 1 unspecified atom stereocenters. The zero-order chi connectivity index (χ0) is 14.5. The van der Waals surface area contributed by atoms with Crippen LogP contribution in [0.3, 0.4) is 0 Å². The molecule has 20 heavy (non-hydrogen) atoms. The second kappa shape index (κ2) is 7.38. The van der Waals surface area contributed by atoms with Crippen molar-refractivity contribution in [1.29, 1.82) is 0 Å². The molecule has 2 heterocycles. The minimum Gasteiger partial charge on any atom is -0.377 e. The quantitative estimate of drug-likeness (QED) is 0.907. The van der Waals surface area contributed by atoms with Crippen LogP contribution in [0.25, 0.3) is 0 Å². The maximum absolute atomic E-state index is 5.71. The molecule has 5 heteroatoms. The van der Waals surface area contributed by atoms with Crippen LogP contribution in [0.4, 0.5) is 5.13 Å². The van der Waals surface area contributed by atoms with Crippen LogP contribution in [0.1, 0.15) is 37.8 Å². The Balaban J connectivity index is 1.98. The molecule has 0 spiro atoms. The SMILES string of the molecule is Cc1nc(N2CCCOC(C)C2)sc1CNCC(C)C. The molecular weight excluding hydrogens is 270 g/mol. The summed E-state index contributed by atoms with van der Waals surface area (Å²) in [6.07, 6.45) is 1.38. The van der Waals surface area contributed by atoms with Crippen molar-refractivity contribution >= 4 is 16.5 Å². The number of nitrogens with zero attached hydrogens (tertiary/aromatic N) is 2. The van der Waals surface area contributed by atoms with E-state index in [1.165, 1.54) is 10.6 Å². The van der Waals surface area contributed by atoms with Gasteiger partial charge in [0.15, 0.2) is 5.13 Å². The van der Waals surface area contributed by atoms with E-state index >= 15 is 0 Å². The Labute approximate surface area is 126 Å². The number of anilines is 1. The van der Waals surface area contributed by atoms with Crippen LogP contribution in [0.2, 0.25) is 0 Å². The fourth-order valence-electron chi connectivity index (χ4n) is 2.35. The third kappa shape index (κ3) is 4.43. The lowest BCUT2D eigenvalue weighted by Gasteiger charge is -2.20. The van der Waals surface area contributed by atoms with Crippen LogP contribution in [-0.4, -0.2) is 37.3 Å². The summed E-state index contributed by atoms with van der Waals surface area (Å²) in [5, 5.41) is 4.66. The summed E-state index contributed by atoms with van der Waals surface area (Å²) in [6.45, 7) is 13.6. The van der Waals surface area contributed by atoms with Gasteiger partial charge in [0.1, 0.15) is 0 Å². The molecule has 1 saturated heterocycles. The molecule has 1 fully saturated rings. The van der Waals surface area contributed by atoms with Crippen molar-refractivity contribution in [3.05, 3.63) is 10.6 Å². The molecule has 1 aliphatic rings. The van der Waals surface area contributed by atoms with Crippen LogP contribution in [0.15, 0.2) is 0 Å². The molecule has 2 rings (SSSR count). The minimum atomic E-state index is 0.296. The third-order valence-electron chi connectivity index (χ3n) is 3.44. The van der Waals surface area contributed by atoms with Gasteiger partial charge in [0.05, 0.1) is 11.8 Å². The van der Waals surface area contributed by atoms with E-state index in [-0.39, 0.29) is 0 Å². The maximum Gasteiger partial charge on any atom is 0.185 e. The lowest BCUT2D eigenvalue weighted by atomic mass is 10.2. The molecule has 1 aromatic heterocycles. The average Bonchev–Trinajstić information content (AvgIpc) is 2.60. The second-order valence-electron chi connectivity index (χ2n) is 6.01. The summed E-state index contributed by atoms with van der Waals surface area (Å²) < 4.78 is 5.71. The standard InChI is InChI=1S/C15H27N3OS/c1-11(2)8-16-9-14-13(4)17-15(20-14)18-6-5-7-19-12(3)10-18/h11-12,16H,5-10H2,1-4H3. The van der Waals surface area contributed by atoms with Crippen molar-refractivity contribution in [2.45, 2.75) is 46.8 Å². The van der Waals surface area contributed by atoms with Gasteiger partial charge in [-0.2, -0.15) is 0 Å². The van der Waals surface area contributed by atoms with E-state index in [0.717, 1.165) is 44.3 Å². The van der Waals surface area contributed by atoms with Crippen molar-refractivity contribution in [2.75, 3.05) is 31.1 Å². The highest BCUT2D eigenvalue weighted by atomic mass is 32.1. The number of hydrogen-bond donors (Lipinski definition) is 1. The Kier molecular flexibility index (Phi) is 5.81. The lowest BCUT2D eigenvalue weighted by molar-refractivity contribution is 0.0821. The molecule has 4 nitrogen and oxygen atoms in total. The molecule has 114 valence electrons. The summed E-state index contributed by atoms with van der Waals surface area (Å²) >= 11 is 1.83. The Morgan fingerprint density at radius 2 is 2.30 bits per heavy atom. The van der Waals surface area contributed by atoms with Crippen molar-refractivity contribution < 1.29 is 4.74 Å². The largest absolute Gasteiger partial charge is 0.377 e. The van der Waals surface area contributed by atoms with Crippen LogP contribution >= 0.6 is 11.3 Å². The molecule has 0 amide bonds. The Bertz CT molecular complexity index is 419. The van der Waals surface area contributed by atoms with Gasteiger partial charge >= 0.3 is 0 Å². The average molecular weight is 297 g/mol. The highest BCUT2D eigenvalue weighted by molar-refractivity contribution is 7.15. The van der Waals surface area contributed by atoms with Crippen molar-refractivity contribution in [1.82, 2.24) is 10.3 Å². The lowest BCUT2D eigenvalue weighted by Crippen LogP contribution is -2.29. The molecule has 0 aromatic carbocycles. The van der Waals surface area contributed by atoms with E-state index in [9.17, 15) is 0 Å². The van der Waals surface area contributed by atoms with Gasteiger partial charge in [-0.15, -0.1) is 11.3 Å². The van der Waals surface area contributed by atoms with Crippen LogP contribution in [-0.2, 0) is 11.3 Å². The molecule has 1 aromatic rings. The normalized spacial score (nSPS) is 20.4. The summed E-state index contributed by atoms with van der Waals surface area (Å²) in [7, 11) is 0. The molecule has 0 aliphatic carbocycles. The van der Waals surface area contributed by atoms with Gasteiger partial charge in [0.25, 0.3) is 0 Å². The van der Waals surface area contributed by atoms with Crippen LogP contribution in [0.5, 0.6) is 0 Å². The van der Waals surface area contributed by atoms with Crippen molar-refractivity contribution in [3.63, 3.8) is 0 Å². The van der Waals surface area contributed by atoms with E-state index in [4.69, 9.17) is 9.72 Å². The first-order chi connectivity index (χ1) is 9.56. The summed E-state index contributed by atoms with van der Waals surface area (Å²) in [5.41, 5.74) is 1.17. The number of aromatic nitrogens is 1. The third-order valence-corrected chi connectivity index (χ3v) is 4.66. The summed E-state index contributed by atoms with van der Waals surface area (Å²) in [4.78, 5) is 8.49. The molecule has 1 atom stereocenters. The Morgan fingerprint density at radius 3 is 3.05 bits per heavy atom. The van der Waals surface area contributed by atoms with Gasteiger partial charge in [-0.3, -0.25) is 0 Å². The number of rotatable bonds is 5. The molecular formula is C15H27N3OS. The number of nitrogens with one attached hydrogen (secondary N) is 1. The monoisotopic (exact) mass is 297 g/mol. The van der Waals surface area contributed by atoms with E-state index in [2.05, 4.69) is 37.9 Å². The van der Waals surface area contributed by atoms with E-state index in [1.807, 2.05) is 11.3 Å². The van der Waals surface area contributed by atoms with Gasteiger partial charge < -0.3 is 15.0 Å². The Morgan fingerprint density at radius 1 is 1.50 bits per heavy atom. The van der Waals surface area contributed by atoms with E-state index in [0.29, 0.717) is 12.0 Å². The summed E-state index contributed by atoms with van der Waals surface area (Å²) in [5.74, 6) is 0.686. The molecule has 0 bridgehead atoms. The zero-order valence-corrected chi connectivity index (χ0v) is 13.9. The van der Waals surface area contributed by atoms with Gasteiger partial charge in [-0.05, 0) is 32.7 Å². The second-order valence-corrected chi connectivity index (χ2v) is 7.07.